The highest BCUT2D eigenvalue weighted by atomic mass is 16.6. The molecule has 5 nitrogen and oxygen atoms in total. The van der Waals surface area contributed by atoms with Gasteiger partial charge in [-0.05, 0) is 20.8 Å². The maximum Gasteiger partial charge on any atom is 0.338 e. The highest BCUT2D eigenvalue weighted by Gasteiger charge is 2.35. The number of carbonyl (C=O) groups is 2. The molecule has 1 N–H and O–H groups in total. The molecular weight excluding hydrogens is 188 g/mol. The fourth-order valence-electron chi connectivity index (χ4n) is 0.852. The van der Waals surface area contributed by atoms with Gasteiger partial charge in [0.1, 0.15) is 0 Å². The molecule has 0 aliphatic rings. The Balaban J connectivity index is 4.18. The maximum absolute atomic E-state index is 11.1. The average Bonchev–Trinajstić information content (AvgIpc) is 2.03. The van der Waals surface area contributed by atoms with Gasteiger partial charge in [-0.3, -0.25) is 4.79 Å². The molecule has 0 saturated carbocycles. The maximum atomic E-state index is 11.1. The van der Waals surface area contributed by atoms with Crippen LogP contribution in [0.4, 0.5) is 0 Å². The number of rotatable bonds is 5. The first kappa shape index (κ1) is 12.9. The fourth-order valence-corrected chi connectivity index (χ4v) is 0.852. The summed E-state index contributed by atoms with van der Waals surface area (Å²) in [6, 6.07) is 0. The molecular formula is C9H16O5. The van der Waals surface area contributed by atoms with Crippen LogP contribution in [-0.2, 0) is 19.1 Å². The van der Waals surface area contributed by atoms with E-state index in [1.54, 1.807) is 13.8 Å². The molecule has 14 heavy (non-hydrogen) atoms. The van der Waals surface area contributed by atoms with Crippen LogP contribution in [0.2, 0.25) is 0 Å². The minimum atomic E-state index is -1.80. The van der Waals surface area contributed by atoms with E-state index in [1.165, 1.54) is 6.92 Å². The zero-order valence-electron chi connectivity index (χ0n) is 8.70. The number of hydrogen-bond acceptors (Lipinski definition) is 5. The van der Waals surface area contributed by atoms with Crippen LogP contribution in [0.1, 0.15) is 27.2 Å². The molecule has 0 radical (unpaired) electrons. The summed E-state index contributed by atoms with van der Waals surface area (Å²) in [7, 11) is 0. The van der Waals surface area contributed by atoms with Crippen LogP contribution < -0.4 is 0 Å². The normalized spacial score (nSPS) is 14.3. The van der Waals surface area contributed by atoms with Crippen molar-refractivity contribution in [2.75, 3.05) is 13.2 Å². The average molecular weight is 204 g/mol. The first-order chi connectivity index (χ1) is 6.44. The second-order valence-corrected chi connectivity index (χ2v) is 2.98. The van der Waals surface area contributed by atoms with Gasteiger partial charge in [-0.1, -0.05) is 0 Å². The van der Waals surface area contributed by atoms with Crippen molar-refractivity contribution in [1.82, 2.24) is 0 Å². The Morgan fingerprint density at radius 3 is 2.14 bits per heavy atom. The van der Waals surface area contributed by atoms with Gasteiger partial charge in [0.05, 0.1) is 19.6 Å². The third-order valence-electron chi connectivity index (χ3n) is 1.51. The van der Waals surface area contributed by atoms with Crippen molar-refractivity contribution in [2.45, 2.75) is 32.8 Å². The van der Waals surface area contributed by atoms with Crippen molar-refractivity contribution in [3.63, 3.8) is 0 Å². The van der Waals surface area contributed by atoms with Gasteiger partial charge in [0, 0.05) is 0 Å². The Labute approximate surface area is 83.0 Å². The van der Waals surface area contributed by atoms with E-state index < -0.39 is 17.5 Å². The van der Waals surface area contributed by atoms with Gasteiger partial charge in [0.25, 0.3) is 0 Å². The summed E-state index contributed by atoms with van der Waals surface area (Å²) in [5.74, 6) is -1.43. The Morgan fingerprint density at radius 1 is 1.21 bits per heavy atom. The van der Waals surface area contributed by atoms with Crippen LogP contribution in [0.3, 0.4) is 0 Å². The van der Waals surface area contributed by atoms with E-state index in [4.69, 9.17) is 0 Å². The van der Waals surface area contributed by atoms with E-state index in [0.29, 0.717) is 0 Å². The number of aliphatic hydroxyl groups is 1. The lowest BCUT2D eigenvalue weighted by molar-refractivity contribution is -0.169. The molecule has 0 aromatic heterocycles. The van der Waals surface area contributed by atoms with Gasteiger partial charge in [0.2, 0.25) is 0 Å². The third-order valence-corrected chi connectivity index (χ3v) is 1.51. The van der Waals surface area contributed by atoms with Gasteiger partial charge in [0.15, 0.2) is 5.60 Å². The monoisotopic (exact) mass is 204 g/mol. The summed E-state index contributed by atoms with van der Waals surface area (Å²) in [6.07, 6.45) is -0.389. The standard InChI is InChI=1S/C9H16O5/c1-4-13-7(10)6-9(3,12)8(11)14-5-2/h12H,4-6H2,1-3H3/t9-/m1/s1. The molecule has 0 rings (SSSR count). The molecule has 0 bridgehead atoms. The molecule has 0 aromatic rings. The van der Waals surface area contributed by atoms with Crippen molar-refractivity contribution in [1.29, 1.82) is 0 Å². The van der Waals surface area contributed by atoms with E-state index in [2.05, 4.69) is 9.47 Å². The summed E-state index contributed by atoms with van der Waals surface area (Å²) in [5.41, 5.74) is -1.80. The smallest absolute Gasteiger partial charge is 0.338 e. The van der Waals surface area contributed by atoms with Crippen molar-refractivity contribution >= 4 is 11.9 Å². The second kappa shape index (κ2) is 5.59. The second-order valence-electron chi connectivity index (χ2n) is 2.98. The van der Waals surface area contributed by atoms with E-state index >= 15 is 0 Å². The zero-order valence-corrected chi connectivity index (χ0v) is 8.70. The molecule has 0 aromatic carbocycles. The highest BCUT2D eigenvalue weighted by Crippen LogP contribution is 2.12. The molecule has 0 aliphatic carbocycles. The molecule has 0 unspecified atom stereocenters. The number of ether oxygens (including phenoxy) is 2. The van der Waals surface area contributed by atoms with Crippen LogP contribution in [0.5, 0.6) is 0 Å². The number of hydrogen-bond donors (Lipinski definition) is 1. The predicted octanol–water partition coefficient (Wildman–Crippen LogP) is 0.254. The Kier molecular flexibility index (Phi) is 5.15. The van der Waals surface area contributed by atoms with Gasteiger partial charge < -0.3 is 14.6 Å². The SMILES string of the molecule is CCOC(=O)C[C@@](C)(O)C(=O)OCC. The Hall–Kier alpha value is -1.10. The molecule has 0 spiro atoms. The summed E-state index contributed by atoms with van der Waals surface area (Å²) in [5, 5.41) is 9.54. The lowest BCUT2D eigenvalue weighted by Gasteiger charge is -2.19. The summed E-state index contributed by atoms with van der Waals surface area (Å²) < 4.78 is 9.19. The predicted molar refractivity (Wildman–Crippen MR) is 48.5 cm³/mol. The van der Waals surface area contributed by atoms with Crippen LogP contribution in [0.25, 0.3) is 0 Å². The van der Waals surface area contributed by atoms with Crippen molar-refractivity contribution in [2.24, 2.45) is 0 Å². The van der Waals surface area contributed by atoms with E-state index in [9.17, 15) is 14.7 Å². The first-order valence-electron chi connectivity index (χ1n) is 4.49. The molecule has 0 heterocycles. The first-order valence-corrected chi connectivity index (χ1v) is 4.49. The Bertz CT molecular complexity index is 209. The minimum absolute atomic E-state index is 0.164. The highest BCUT2D eigenvalue weighted by molar-refractivity contribution is 5.85. The molecule has 0 aliphatic heterocycles. The molecule has 1 atom stereocenters. The summed E-state index contributed by atoms with van der Waals surface area (Å²) >= 11 is 0. The van der Waals surface area contributed by atoms with Gasteiger partial charge in [-0.25, -0.2) is 4.79 Å². The van der Waals surface area contributed by atoms with E-state index in [-0.39, 0.29) is 19.6 Å². The van der Waals surface area contributed by atoms with Crippen molar-refractivity contribution in [3.8, 4) is 0 Å². The number of esters is 2. The lowest BCUT2D eigenvalue weighted by atomic mass is 10.0. The molecule has 0 fully saturated rings. The van der Waals surface area contributed by atoms with Crippen LogP contribution >= 0.6 is 0 Å². The van der Waals surface area contributed by atoms with E-state index in [0.717, 1.165) is 0 Å². The largest absolute Gasteiger partial charge is 0.466 e. The van der Waals surface area contributed by atoms with Crippen molar-refractivity contribution in [3.05, 3.63) is 0 Å². The van der Waals surface area contributed by atoms with E-state index in [1.807, 2.05) is 0 Å². The molecule has 82 valence electrons. The molecule has 0 saturated heterocycles. The van der Waals surface area contributed by atoms with Crippen molar-refractivity contribution < 1.29 is 24.2 Å². The molecule has 5 heteroatoms. The zero-order chi connectivity index (χ0) is 11.2. The van der Waals surface area contributed by atoms with Gasteiger partial charge in [-0.15, -0.1) is 0 Å². The summed E-state index contributed by atoms with van der Waals surface area (Å²) in [6.45, 7) is 4.88. The van der Waals surface area contributed by atoms with Crippen LogP contribution in [-0.4, -0.2) is 35.9 Å². The fraction of sp³-hybridized carbons (Fsp3) is 0.778. The minimum Gasteiger partial charge on any atom is -0.466 e. The molecule has 0 amide bonds. The lowest BCUT2D eigenvalue weighted by Crippen LogP contribution is -2.39. The van der Waals surface area contributed by atoms with Gasteiger partial charge in [-0.2, -0.15) is 0 Å². The third kappa shape index (κ3) is 4.23. The van der Waals surface area contributed by atoms with Gasteiger partial charge >= 0.3 is 11.9 Å². The van der Waals surface area contributed by atoms with Crippen LogP contribution in [0, 0.1) is 0 Å². The number of carbonyl (C=O) groups excluding carboxylic acids is 2. The quantitative estimate of drug-likeness (QED) is 0.650. The summed E-state index contributed by atoms with van der Waals surface area (Å²) in [4.78, 5) is 22.1. The topological polar surface area (TPSA) is 72.8 Å². The Morgan fingerprint density at radius 2 is 1.71 bits per heavy atom. The van der Waals surface area contributed by atoms with Crippen LogP contribution in [0.15, 0.2) is 0 Å².